The normalized spacial score (nSPS) is 12.3. The van der Waals surface area contributed by atoms with Crippen molar-refractivity contribution in [3.63, 3.8) is 0 Å². The van der Waals surface area contributed by atoms with Crippen molar-refractivity contribution in [1.82, 2.24) is 14.8 Å². The van der Waals surface area contributed by atoms with E-state index in [1.165, 1.54) is 10.9 Å². The zero-order valence-corrected chi connectivity index (χ0v) is 8.84. The summed E-state index contributed by atoms with van der Waals surface area (Å²) in [5.74, 6) is 0. The molecule has 0 aliphatic rings. The smallest absolute Gasteiger partial charge is 0.250 e. The van der Waals surface area contributed by atoms with Gasteiger partial charge in [0.25, 0.3) is 0 Å². The molecule has 0 aliphatic heterocycles. The van der Waals surface area contributed by atoms with Gasteiger partial charge >= 0.3 is 6.18 Å². The van der Waals surface area contributed by atoms with E-state index >= 15 is 0 Å². The molecule has 0 unspecified atom stereocenters. The molecule has 0 saturated carbocycles. The van der Waals surface area contributed by atoms with Crippen molar-refractivity contribution in [2.75, 3.05) is 0 Å². The number of pyridine rings is 1. The van der Waals surface area contributed by atoms with Crippen molar-refractivity contribution < 1.29 is 13.2 Å². The SMILES string of the molecule is CCc1cc(C(F)(F)F)c2cnn(C)c2n1. The Morgan fingerprint density at radius 1 is 1.38 bits per heavy atom. The van der Waals surface area contributed by atoms with Crippen LogP contribution in [0.1, 0.15) is 18.2 Å². The standard InChI is InChI=1S/C10H10F3N3/c1-3-6-4-8(10(11,12)13)7-5-14-16(2)9(7)15-6/h4-5H,3H2,1-2H3. The first kappa shape index (κ1) is 10.9. The second-order valence-electron chi connectivity index (χ2n) is 3.52. The average Bonchev–Trinajstić information content (AvgIpc) is 2.58. The Morgan fingerprint density at radius 3 is 2.62 bits per heavy atom. The number of aryl methyl sites for hydroxylation is 2. The van der Waals surface area contributed by atoms with Crippen molar-refractivity contribution in [2.24, 2.45) is 7.05 Å². The Kier molecular flexibility index (Phi) is 2.36. The first-order valence-corrected chi connectivity index (χ1v) is 4.82. The fraction of sp³-hybridized carbons (Fsp3) is 0.400. The van der Waals surface area contributed by atoms with Gasteiger partial charge in [0.05, 0.1) is 17.1 Å². The molecule has 0 atom stereocenters. The molecule has 16 heavy (non-hydrogen) atoms. The molecule has 0 fully saturated rings. The average molecular weight is 229 g/mol. The van der Waals surface area contributed by atoms with E-state index in [1.54, 1.807) is 14.0 Å². The highest BCUT2D eigenvalue weighted by molar-refractivity contribution is 5.79. The number of rotatable bonds is 1. The van der Waals surface area contributed by atoms with E-state index in [-0.39, 0.29) is 11.0 Å². The number of aromatic nitrogens is 3. The summed E-state index contributed by atoms with van der Waals surface area (Å²) in [6.45, 7) is 1.77. The van der Waals surface area contributed by atoms with Gasteiger partial charge in [0, 0.05) is 12.7 Å². The lowest BCUT2D eigenvalue weighted by Crippen LogP contribution is -2.08. The van der Waals surface area contributed by atoms with E-state index in [0.29, 0.717) is 12.1 Å². The van der Waals surface area contributed by atoms with E-state index in [9.17, 15) is 13.2 Å². The molecular weight excluding hydrogens is 219 g/mol. The van der Waals surface area contributed by atoms with Crippen molar-refractivity contribution in [2.45, 2.75) is 19.5 Å². The minimum atomic E-state index is -4.37. The molecule has 2 aromatic rings. The van der Waals surface area contributed by atoms with E-state index in [4.69, 9.17) is 0 Å². The van der Waals surface area contributed by atoms with Gasteiger partial charge in [-0.05, 0) is 12.5 Å². The lowest BCUT2D eigenvalue weighted by molar-refractivity contribution is -0.136. The lowest BCUT2D eigenvalue weighted by atomic mass is 10.1. The summed E-state index contributed by atoms with van der Waals surface area (Å²) in [5.41, 5.74) is 0.0255. The molecule has 0 radical (unpaired) electrons. The van der Waals surface area contributed by atoms with Crippen molar-refractivity contribution >= 4 is 11.0 Å². The molecule has 0 spiro atoms. The van der Waals surface area contributed by atoms with Crippen LogP contribution in [-0.4, -0.2) is 14.8 Å². The summed E-state index contributed by atoms with van der Waals surface area (Å²) in [4.78, 5) is 4.13. The first-order chi connectivity index (χ1) is 7.43. The highest BCUT2D eigenvalue weighted by atomic mass is 19.4. The topological polar surface area (TPSA) is 30.7 Å². The third-order valence-electron chi connectivity index (χ3n) is 2.43. The van der Waals surface area contributed by atoms with Gasteiger partial charge in [0.15, 0.2) is 5.65 Å². The maximum Gasteiger partial charge on any atom is 0.417 e. The largest absolute Gasteiger partial charge is 0.417 e. The van der Waals surface area contributed by atoms with Crippen LogP contribution in [-0.2, 0) is 19.6 Å². The van der Waals surface area contributed by atoms with Crippen LogP contribution in [0.2, 0.25) is 0 Å². The Bertz CT molecular complexity index is 528. The number of alkyl halides is 3. The molecule has 2 heterocycles. The Hall–Kier alpha value is -1.59. The summed E-state index contributed by atoms with van der Waals surface area (Å²) >= 11 is 0. The molecular formula is C10H10F3N3. The Labute approximate surface area is 89.9 Å². The van der Waals surface area contributed by atoms with Crippen molar-refractivity contribution in [3.05, 3.63) is 23.5 Å². The maximum absolute atomic E-state index is 12.8. The van der Waals surface area contributed by atoms with Gasteiger partial charge in [-0.2, -0.15) is 18.3 Å². The fourth-order valence-electron chi connectivity index (χ4n) is 1.58. The molecule has 6 heteroatoms. The van der Waals surface area contributed by atoms with Gasteiger partial charge in [-0.3, -0.25) is 4.68 Å². The van der Waals surface area contributed by atoms with E-state index in [1.807, 2.05) is 0 Å². The van der Waals surface area contributed by atoms with Gasteiger partial charge in [-0.1, -0.05) is 6.92 Å². The van der Waals surface area contributed by atoms with Crippen LogP contribution in [0.15, 0.2) is 12.3 Å². The zero-order valence-electron chi connectivity index (χ0n) is 8.84. The molecule has 0 saturated heterocycles. The van der Waals surface area contributed by atoms with E-state index in [0.717, 1.165) is 6.07 Å². The van der Waals surface area contributed by atoms with Gasteiger partial charge in [-0.25, -0.2) is 4.98 Å². The van der Waals surface area contributed by atoms with Gasteiger partial charge < -0.3 is 0 Å². The van der Waals surface area contributed by atoms with Crippen LogP contribution >= 0.6 is 0 Å². The second-order valence-corrected chi connectivity index (χ2v) is 3.52. The third-order valence-corrected chi connectivity index (χ3v) is 2.43. The zero-order chi connectivity index (χ0) is 11.9. The number of fused-ring (bicyclic) bond motifs is 1. The number of halogens is 3. The van der Waals surface area contributed by atoms with Crippen LogP contribution in [0, 0.1) is 0 Å². The minimum absolute atomic E-state index is 0.0483. The van der Waals surface area contributed by atoms with E-state index in [2.05, 4.69) is 10.1 Å². The highest BCUT2D eigenvalue weighted by Gasteiger charge is 2.34. The summed E-state index contributed by atoms with van der Waals surface area (Å²) < 4.78 is 39.7. The minimum Gasteiger partial charge on any atom is -0.250 e. The monoisotopic (exact) mass is 229 g/mol. The second kappa shape index (κ2) is 3.47. The third kappa shape index (κ3) is 1.64. The molecule has 0 bridgehead atoms. The van der Waals surface area contributed by atoms with Gasteiger partial charge in [-0.15, -0.1) is 0 Å². The molecule has 3 nitrogen and oxygen atoms in total. The van der Waals surface area contributed by atoms with Crippen LogP contribution in [0.3, 0.4) is 0 Å². The van der Waals surface area contributed by atoms with E-state index < -0.39 is 11.7 Å². The molecule has 0 amide bonds. The van der Waals surface area contributed by atoms with Crippen LogP contribution in [0.25, 0.3) is 11.0 Å². The number of hydrogen-bond acceptors (Lipinski definition) is 2. The fourth-order valence-corrected chi connectivity index (χ4v) is 1.58. The summed E-state index contributed by atoms with van der Waals surface area (Å²) in [6, 6.07) is 1.09. The predicted octanol–water partition coefficient (Wildman–Crippen LogP) is 2.55. The summed E-state index contributed by atoms with van der Waals surface area (Å²) in [7, 11) is 1.58. The molecule has 86 valence electrons. The molecule has 0 N–H and O–H groups in total. The molecule has 2 rings (SSSR count). The van der Waals surface area contributed by atoms with Crippen LogP contribution in [0.4, 0.5) is 13.2 Å². The first-order valence-electron chi connectivity index (χ1n) is 4.82. The van der Waals surface area contributed by atoms with Gasteiger partial charge in [0.1, 0.15) is 0 Å². The molecule has 0 aliphatic carbocycles. The van der Waals surface area contributed by atoms with Crippen LogP contribution in [0.5, 0.6) is 0 Å². The van der Waals surface area contributed by atoms with Crippen molar-refractivity contribution in [3.8, 4) is 0 Å². The quantitative estimate of drug-likeness (QED) is 0.752. The Morgan fingerprint density at radius 2 is 2.06 bits per heavy atom. The maximum atomic E-state index is 12.8. The summed E-state index contributed by atoms with van der Waals surface area (Å²) in [6.07, 6.45) is -2.71. The highest BCUT2D eigenvalue weighted by Crippen LogP contribution is 2.34. The predicted molar refractivity (Wildman–Crippen MR) is 52.9 cm³/mol. The number of nitrogens with zero attached hydrogens (tertiary/aromatic N) is 3. The molecule has 0 aromatic carbocycles. The lowest BCUT2D eigenvalue weighted by Gasteiger charge is -2.09. The Balaban J connectivity index is 2.80. The van der Waals surface area contributed by atoms with Crippen LogP contribution < -0.4 is 0 Å². The number of hydrogen-bond donors (Lipinski definition) is 0. The molecule has 2 aromatic heterocycles. The summed E-state index contributed by atoms with van der Waals surface area (Å²) in [5, 5.41) is 3.85. The van der Waals surface area contributed by atoms with Crippen molar-refractivity contribution in [1.29, 1.82) is 0 Å². The van der Waals surface area contributed by atoms with Gasteiger partial charge in [0.2, 0.25) is 0 Å².